The molecule has 22 heavy (non-hydrogen) atoms. The van der Waals surface area contributed by atoms with Crippen LogP contribution in [0.5, 0.6) is 0 Å². The van der Waals surface area contributed by atoms with Crippen molar-refractivity contribution in [2.24, 2.45) is 4.99 Å². The van der Waals surface area contributed by atoms with Crippen molar-refractivity contribution in [2.45, 2.75) is 26.8 Å². The molecule has 0 aromatic carbocycles. The Morgan fingerprint density at radius 2 is 2.00 bits per heavy atom. The number of ether oxygens (including phenoxy) is 1. The maximum Gasteiger partial charge on any atom is 0.241 e. The van der Waals surface area contributed by atoms with Gasteiger partial charge in [0.1, 0.15) is 6.54 Å². The molecule has 0 atom stereocenters. The van der Waals surface area contributed by atoms with Crippen molar-refractivity contribution in [1.29, 1.82) is 0 Å². The van der Waals surface area contributed by atoms with Crippen LogP contribution in [0, 0.1) is 0 Å². The number of methoxy groups -OCH3 is 1. The number of guanidine groups is 1. The van der Waals surface area contributed by atoms with E-state index in [2.05, 4.69) is 40.0 Å². The first-order valence-corrected chi connectivity index (χ1v) is 8.36. The average Bonchev–Trinajstić information content (AvgIpc) is 2.98. The number of amides is 1. The zero-order valence-electron chi connectivity index (χ0n) is 13.6. The van der Waals surface area contributed by atoms with Crippen molar-refractivity contribution < 1.29 is 9.53 Å². The van der Waals surface area contributed by atoms with Gasteiger partial charge in [0.2, 0.25) is 5.91 Å². The minimum atomic E-state index is -0.112. The van der Waals surface area contributed by atoms with Gasteiger partial charge in [-0.1, -0.05) is 6.92 Å². The number of nitrogens with one attached hydrogen (secondary N) is 3. The standard InChI is InChI=1S/C15H26N4O2S/c1-4-12-6-7-13(22-12)10-18-15(16-5-2)19-11-14(20)17-8-9-21-3/h6-7H,4-5,8-11H2,1-3H3,(H,17,20)(H2,16,18,19). The lowest BCUT2D eigenvalue weighted by Crippen LogP contribution is -2.38. The summed E-state index contributed by atoms with van der Waals surface area (Å²) in [7, 11) is 1.60. The number of carbonyl (C=O) groups is 1. The number of rotatable bonds is 9. The molecule has 0 aliphatic heterocycles. The van der Waals surface area contributed by atoms with E-state index in [4.69, 9.17) is 4.74 Å². The Labute approximate surface area is 136 Å². The van der Waals surface area contributed by atoms with Gasteiger partial charge in [-0.25, -0.2) is 4.99 Å². The van der Waals surface area contributed by atoms with E-state index >= 15 is 0 Å². The molecule has 6 nitrogen and oxygen atoms in total. The Morgan fingerprint density at radius 1 is 1.23 bits per heavy atom. The maximum atomic E-state index is 11.6. The van der Waals surface area contributed by atoms with Gasteiger partial charge in [0.15, 0.2) is 5.96 Å². The predicted molar refractivity (Wildman–Crippen MR) is 91.4 cm³/mol. The first kappa shape index (κ1) is 18.4. The normalized spacial score (nSPS) is 11.3. The Morgan fingerprint density at radius 3 is 2.64 bits per heavy atom. The van der Waals surface area contributed by atoms with Crippen LogP contribution in [0.15, 0.2) is 17.1 Å². The minimum absolute atomic E-state index is 0.101. The quantitative estimate of drug-likeness (QED) is 0.361. The van der Waals surface area contributed by atoms with Crippen molar-refractivity contribution >= 4 is 23.2 Å². The van der Waals surface area contributed by atoms with Gasteiger partial charge < -0.3 is 20.7 Å². The summed E-state index contributed by atoms with van der Waals surface area (Å²) in [6.45, 7) is 6.72. The van der Waals surface area contributed by atoms with E-state index < -0.39 is 0 Å². The number of nitrogens with zero attached hydrogens (tertiary/aromatic N) is 1. The van der Waals surface area contributed by atoms with Crippen LogP contribution >= 0.6 is 11.3 Å². The molecule has 0 fully saturated rings. The van der Waals surface area contributed by atoms with Crippen molar-refractivity contribution in [2.75, 3.05) is 33.4 Å². The number of thiophene rings is 1. The molecule has 124 valence electrons. The van der Waals surface area contributed by atoms with E-state index in [9.17, 15) is 4.79 Å². The molecule has 0 saturated heterocycles. The average molecular weight is 326 g/mol. The molecule has 0 aliphatic rings. The smallest absolute Gasteiger partial charge is 0.241 e. The molecule has 1 aromatic heterocycles. The Hall–Kier alpha value is -1.60. The van der Waals surface area contributed by atoms with Crippen LogP contribution in [0.4, 0.5) is 0 Å². The van der Waals surface area contributed by atoms with Crippen LogP contribution in [0.25, 0.3) is 0 Å². The lowest BCUT2D eigenvalue weighted by atomic mass is 10.4. The van der Waals surface area contributed by atoms with Crippen LogP contribution in [0.1, 0.15) is 23.6 Å². The summed E-state index contributed by atoms with van der Waals surface area (Å²) >= 11 is 1.79. The van der Waals surface area contributed by atoms with Gasteiger partial charge in [-0.05, 0) is 25.5 Å². The third-order valence-electron chi connectivity index (χ3n) is 2.85. The molecule has 0 aliphatic carbocycles. The topological polar surface area (TPSA) is 74.8 Å². The largest absolute Gasteiger partial charge is 0.383 e. The molecule has 1 rings (SSSR count). The summed E-state index contributed by atoms with van der Waals surface area (Å²) < 4.78 is 4.88. The summed E-state index contributed by atoms with van der Waals surface area (Å²) in [6, 6.07) is 4.27. The molecule has 1 amide bonds. The zero-order valence-corrected chi connectivity index (χ0v) is 14.4. The second kappa shape index (κ2) is 11.0. The van der Waals surface area contributed by atoms with Crippen molar-refractivity contribution in [1.82, 2.24) is 16.0 Å². The third kappa shape index (κ3) is 7.42. The molecule has 7 heteroatoms. The highest BCUT2D eigenvalue weighted by molar-refractivity contribution is 7.11. The predicted octanol–water partition coefficient (Wildman–Crippen LogP) is 1.13. The van der Waals surface area contributed by atoms with Gasteiger partial charge in [0.05, 0.1) is 13.2 Å². The number of aliphatic imine (C=N–C) groups is 1. The van der Waals surface area contributed by atoms with E-state index in [0.717, 1.165) is 13.0 Å². The third-order valence-corrected chi connectivity index (χ3v) is 4.08. The summed E-state index contributed by atoms with van der Waals surface area (Å²) in [4.78, 5) is 18.5. The van der Waals surface area contributed by atoms with Gasteiger partial charge in [-0.15, -0.1) is 11.3 Å². The molecule has 0 saturated carbocycles. The van der Waals surface area contributed by atoms with Crippen LogP contribution in [0.3, 0.4) is 0 Å². The van der Waals surface area contributed by atoms with Gasteiger partial charge in [0, 0.05) is 30.0 Å². The van der Waals surface area contributed by atoms with Crippen molar-refractivity contribution in [3.8, 4) is 0 Å². The van der Waals surface area contributed by atoms with Gasteiger partial charge >= 0.3 is 0 Å². The molecule has 1 aromatic rings. The maximum absolute atomic E-state index is 11.6. The second-order valence-electron chi connectivity index (χ2n) is 4.61. The van der Waals surface area contributed by atoms with E-state index in [-0.39, 0.29) is 12.5 Å². The van der Waals surface area contributed by atoms with Crippen molar-refractivity contribution in [3.63, 3.8) is 0 Å². The van der Waals surface area contributed by atoms with E-state index in [1.807, 2.05) is 6.92 Å². The molecule has 1 heterocycles. The van der Waals surface area contributed by atoms with Crippen LogP contribution in [0.2, 0.25) is 0 Å². The molecular formula is C15H26N4O2S. The highest BCUT2D eigenvalue weighted by atomic mass is 32.1. The molecule has 3 N–H and O–H groups in total. The van der Waals surface area contributed by atoms with Gasteiger partial charge in [-0.2, -0.15) is 0 Å². The van der Waals surface area contributed by atoms with Crippen molar-refractivity contribution in [3.05, 3.63) is 21.9 Å². The highest BCUT2D eigenvalue weighted by Gasteiger charge is 2.03. The molecule has 0 unspecified atom stereocenters. The van der Waals surface area contributed by atoms with E-state index in [1.165, 1.54) is 9.75 Å². The minimum Gasteiger partial charge on any atom is -0.383 e. The SMILES string of the molecule is CCNC(=NCC(=O)NCCOC)NCc1ccc(CC)s1. The van der Waals surface area contributed by atoms with Gasteiger partial charge in [-0.3, -0.25) is 4.79 Å². The Bertz CT molecular complexity index is 474. The molecule has 0 radical (unpaired) electrons. The fraction of sp³-hybridized carbons (Fsp3) is 0.600. The molecule has 0 spiro atoms. The number of aryl methyl sites for hydroxylation is 1. The summed E-state index contributed by atoms with van der Waals surface area (Å²) in [5.74, 6) is 0.537. The Kier molecular flexibility index (Phi) is 9.25. The molecule has 0 bridgehead atoms. The lowest BCUT2D eigenvalue weighted by Gasteiger charge is -2.10. The molecular weight excluding hydrogens is 300 g/mol. The van der Waals surface area contributed by atoms with E-state index in [0.29, 0.717) is 25.7 Å². The van der Waals surface area contributed by atoms with Crippen LogP contribution in [-0.4, -0.2) is 45.2 Å². The van der Waals surface area contributed by atoms with Crippen LogP contribution in [-0.2, 0) is 22.5 Å². The fourth-order valence-electron chi connectivity index (χ4n) is 1.72. The summed E-state index contributed by atoms with van der Waals surface area (Å²) in [5, 5.41) is 9.12. The summed E-state index contributed by atoms with van der Waals surface area (Å²) in [5.41, 5.74) is 0. The number of hydrogen-bond acceptors (Lipinski definition) is 4. The lowest BCUT2D eigenvalue weighted by molar-refractivity contribution is -0.119. The number of hydrogen-bond donors (Lipinski definition) is 3. The highest BCUT2D eigenvalue weighted by Crippen LogP contribution is 2.16. The summed E-state index contributed by atoms with van der Waals surface area (Å²) in [6.07, 6.45) is 1.06. The second-order valence-corrected chi connectivity index (χ2v) is 5.87. The van der Waals surface area contributed by atoms with Crippen LogP contribution < -0.4 is 16.0 Å². The monoisotopic (exact) mass is 326 g/mol. The van der Waals surface area contributed by atoms with E-state index in [1.54, 1.807) is 18.4 Å². The first-order chi connectivity index (χ1) is 10.7. The number of carbonyl (C=O) groups excluding carboxylic acids is 1. The van der Waals surface area contributed by atoms with Gasteiger partial charge in [0.25, 0.3) is 0 Å². The Balaban J connectivity index is 2.42. The first-order valence-electron chi connectivity index (χ1n) is 7.55. The fourth-order valence-corrected chi connectivity index (χ4v) is 2.62. The zero-order chi connectivity index (χ0) is 16.2.